The Labute approximate surface area is 159 Å². The number of hydrogen-bond acceptors (Lipinski definition) is 4. The van der Waals surface area contributed by atoms with Gasteiger partial charge in [0.25, 0.3) is 0 Å². The Morgan fingerprint density at radius 2 is 2.00 bits per heavy atom. The zero-order valence-corrected chi connectivity index (χ0v) is 16.8. The molecule has 1 aromatic carbocycles. The number of carboxylic acid groups (broad SMARTS) is 1. The van der Waals surface area contributed by atoms with Crippen molar-refractivity contribution in [2.24, 2.45) is 0 Å². The van der Waals surface area contributed by atoms with E-state index in [4.69, 9.17) is 9.47 Å². The lowest BCUT2D eigenvalue weighted by Gasteiger charge is -2.15. The summed E-state index contributed by atoms with van der Waals surface area (Å²) in [6.45, 7) is 8.19. The highest BCUT2D eigenvalue weighted by atomic mass is 28.3. The fourth-order valence-electron chi connectivity index (χ4n) is 2.62. The number of para-hydroxylation sites is 1. The molecule has 0 radical (unpaired) electrons. The Morgan fingerprint density at radius 1 is 1.22 bits per heavy atom. The Bertz CT molecular complexity index is 947. The van der Waals surface area contributed by atoms with Crippen LogP contribution in [0.5, 0.6) is 11.5 Å². The van der Waals surface area contributed by atoms with E-state index in [0.717, 1.165) is 23.7 Å². The molecule has 0 atom stereocenters. The first-order valence-electron chi connectivity index (χ1n) is 8.86. The van der Waals surface area contributed by atoms with Gasteiger partial charge in [0.05, 0.1) is 6.20 Å². The molecule has 0 aliphatic carbocycles. The monoisotopic (exact) mass is 384 g/mol. The van der Waals surface area contributed by atoms with Gasteiger partial charge >= 0.3 is 5.97 Å². The number of carbonyl (C=O) groups is 1. The molecule has 0 saturated heterocycles. The van der Waals surface area contributed by atoms with E-state index < -0.39 is 14.0 Å². The first kappa shape index (κ1) is 19.1. The van der Waals surface area contributed by atoms with E-state index in [0.29, 0.717) is 18.2 Å². The van der Waals surface area contributed by atoms with Gasteiger partial charge in [-0.1, -0.05) is 31.8 Å². The Morgan fingerprint density at radius 3 is 2.74 bits per heavy atom. The van der Waals surface area contributed by atoms with Crippen molar-refractivity contribution in [2.75, 3.05) is 6.61 Å². The molecule has 6 nitrogen and oxygen atoms in total. The highest BCUT2D eigenvalue weighted by molar-refractivity contribution is 6.76. The van der Waals surface area contributed by atoms with Gasteiger partial charge in [-0.05, 0) is 30.3 Å². The molecule has 2 heterocycles. The Hall–Kier alpha value is -2.64. The number of benzene rings is 1. The van der Waals surface area contributed by atoms with Crippen LogP contribution in [-0.2, 0) is 11.5 Å². The number of hydrogen-bond donors (Lipinski definition) is 1. The fourth-order valence-corrected chi connectivity index (χ4v) is 3.38. The van der Waals surface area contributed by atoms with Gasteiger partial charge < -0.3 is 19.1 Å². The van der Waals surface area contributed by atoms with E-state index in [2.05, 4.69) is 24.6 Å². The van der Waals surface area contributed by atoms with Crippen molar-refractivity contribution in [3.8, 4) is 11.5 Å². The van der Waals surface area contributed by atoms with Crippen LogP contribution in [0, 0.1) is 0 Å². The molecule has 0 bridgehead atoms. The van der Waals surface area contributed by atoms with E-state index in [-0.39, 0.29) is 5.56 Å². The highest BCUT2D eigenvalue weighted by Gasteiger charge is 2.13. The van der Waals surface area contributed by atoms with E-state index in [9.17, 15) is 9.90 Å². The Kier molecular flexibility index (Phi) is 5.62. The van der Waals surface area contributed by atoms with Crippen molar-refractivity contribution in [3.63, 3.8) is 0 Å². The van der Waals surface area contributed by atoms with Crippen molar-refractivity contribution in [1.82, 2.24) is 9.55 Å². The maximum atomic E-state index is 11.3. The number of nitrogens with zero attached hydrogens (tertiary/aromatic N) is 2. The molecule has 0 aliphatic rings. The van der Waals surface area contributed by atoms with E-state index in [1.807, 2.05) is 22.9 Å². The lowest BCUT2D eigenvalue weighted by molar-refractivity contribution is 0.0694. The van der Waals surface area contributed by atoms with Crippen LogP contribution < -0.4 is 4.74 Å². The third-order valence-corrected chi connectivity index (χ3v) is 5.85. The van der Waals surface area contributed by atoms with Crippen LogP contribution in [0.2, 0.25) is 25.7 Å². The van der Waals surface area contributed by atoms with Crippen molar-refractivity contribution in [3.05, 3.63) is 54.4 Å². The predicted octanol–water partition coefficient (Wildman–Crippen LogP) is 4.84. The normalized spacial score (nSPS) is 11.7. The van der Waals surface area contributed by atoms with Crippen LogP contribution in [0.1, 0.15) is 10.4 Å². The summed E-state index contributed by atoms with van der Waals surface area (Å²) in [6, 6.07) is 11.5. The minimum absolute atomic E-state index is 0.117. The Balaban J connectivity index is 1.71. The number of pyridine rings is 1. The largest absolute Gasteiger partial charge is 0.478 e. The summed E-state index contributed by atoms with van der Waals surface area (Å²) >= 11 is 0. The second-order valence-corrected chi connectivity index (χ2v) is 13.2. The van der Waals surface area contributed by atoms with Crippen LogP contribution in [0.25, 0.3) is 11.0 Å². The molecule has 0 amide bonds. The minimum Gasteiger partial charge on any atom is -0.478 e. The number of aromatic nitrogens is 2. The van der Waals surface area contributed by atoms with Crippen molar-refractivity contribution in [1.29, 1.82) is 0 Å². The molecule has 0 saturated carbocycles. The molecule has 3 aromatic rings. The van der Waals surface area contributed by atoms with Crippen molar-refractivity contribution in [2.45, 2.75) is 32.4 Å². The first-order valence-corrected chi connectivity index (χ1v) is 12.6. The van der Waals surface area contributed by atoms with Crippen LogP contribution in [0.3, 0.4) is 0 Å². The maximum absolute atomic E-state index is 11.3. The van der Waals surface area contributed by atoms with Crippen molar-refractivity contribution >= 4 is 25.1 Å². The summed E-state index contributed by atoms with van der Waals surface area (Å²) in [5.74, 6) is -0.241. The SMILES string of the molecule is C[Si](C)(C)CCOCn1ccc2cc(Oc3ccccc3C(=O)O)cnc21. The second-order valence-electron chi connectivity index (χ2n) is 7.62. The zero-order chi connectivity index (χ0) is 19.4. The molecule has 0 unspecified atom stereocenters. The van der Waals surface area contributed by atoms with Gasteiger partial charge in [-0.2, -0.15) is 0 Å². The summed E-state index contributed by atoms with van der Waals surface area (Å²) < 4.78 is 13.5. The first-order chi connectivity index (χ1) is 12.8. The molecule has 0 spiro atoms. The minimum atomic E-state index is -1.10. The summed E-state index contributed by atoms with van der Waals surface area (Å²) in [4.78, 5) is 15.8. The topological polar surface area (TPSA) is 73.6 Å². The lowest BCUT2D eigenvalue weighted by Crippen LogP contribution is -2.22. The van der Waals surface area contributed by atoms with E-state index >= 15 is 0 Å². The van der Waals surface area contributed by atoms with Gasteiger partial charge in [-0.3, -0.25) is 0 Å². The summed E-state index contributed by atoms with van der Waals surface area (Å²) in [6.07, 6.45) is 3.53. The van der Waals surface area contributed by atoms with Gasteiger partial charge in [0.2, 0.25) is 0 Å². The molecule has 3 rings (SSSR count). The molecule has 27 heavy (non-hydrogen) atoms. The van der Waals surface area contributed by atoms with Gasteiger partial charge in [0.15, 0.2) is 0 Å². The average molecular weight is 385 g/mol. The molecule has 142 valence electrons. The number of aromatic carboxylic acids is 1. The molecule has 1 N–H and O–H groups in total. The molecular weight excluding hydrogens is 360 g/mol. The smallest absolute Gasteiger partial charge is 0.339 e. The summed E-state index contributed by atoms with van der Waals surface area (Å²) in [5.41, 5.74) is 0.924. The van der Waals surface area contributed by atoms with Gasteiger partial charge in [-0.15, -0.1) is 0 Å². The van der Waals surface area contributed by atoms with Gasteiger partial charge in [-0.25, -0.2) is 9.78 Å². The average Bonchev–Trinajstić information content (AvgIpc) is 3.00. The fraction of sp³-hybridized carbons (Fsp3) is 0.300. The predicted molar refractivity (Wildman–Crippen MR) is 107 cm³/mol. The van der Waals surface area contributed by atoms with Crippen LogP contribution in [0.15, 0.2) is 48.8 Å². The standard InChI is InChI=1S/C20H24N2O4Si/c1-27(2,3)11-10-25-14-22-9-8-15-12-16(13-21-19(15)22)26-18-7-5-4-6-17(18)20(23)24/h4-9,12-13H,10-11,14H2,1-3H3,(H,23,24). The zero-order valence-electron chi connectivity index (χ0n) is 15.8. The number of fused-ring (bicyclic) bond motifs is 1. The third-order valence-electron chi connectivity index (χ3n) is 4.15. The quantitative estimate of drug-likeness (QED) is 0.444. The summed E-state index contributed by atoms with van der Waals surface area (Å²) in [5, 5.41) is 10.2. The highest BCUT2D eigenvalue weighted by Crippen LogP contribution is 2.27. The van der Waals surface area contributed by atoms with Crippen LogP contribution in [0.4, 0.5) is 0 Å². The lowest BCUT2D eigenvalue weighted by atomic mass is 10.2. The van der Waals surface area contributed by atoms with Crippen molar-refractivity contribution < 1.29 is 19.4 Å². The number of rotatable bonds is 8. The molecule has 0 fully saturated rings. The maximum Gasteiger partial charge on any atom is 0.339 e. The molecular formula is C20H24N2O4Si. The molecule has 0 aliphatic heterocycles. The number of ether oxygens (including phenoxy) is 2. The molecule has 2 aromatic heterocycles. The van der Waals surface area contributed by atoms with Gasteiger partial charge in [0.1, 0.15) is 29.4 Å². The third kappa shape index (κ3) is 4.96. The molecule has 7 heteroatoms. The van der Waals surface area contributed by atoms with Crippen LogP contribution >= 0.6 is 0 Å². The van der Waals surface area contributed by atoms with E-state index in [1.54, 1.807) is 24.4 Å². The summed E-state index contributed by atoms with van der Waals surface area (Å²) in [7, 11) is -1.10. The van der Waals surface area contributed by atoms with E-state index in [1.165, 1.54) is 6.07 Å². The van der Waals surface area contributed by atoms with Gasteiger partial charge in [0, 0.05) is 26.3 Å². The van der Waals surface area contributed by atoms with Crippen LogP contribution in [-0.4, -0.2) is 35.3 Å². The number of carboxylic acids is 1. The second kappa shape index (κ2) is 7.94.